The van der Waals surface area contributed by atoms with Gasteiger partial charge in [-0.05, 0) is 31.4 Å². The fraction of sp³-hybridized carbons (Fsp3) is 0.733. The third-order valence-corrected chi connectivity index (χ3v) is 4.30. The molecule has 2 fully saturated rings. The Kier molecular flexibility index (Phi) is 3.65. The Labute approximate surface area is 114 Å². The van der Waals surface area contributed by atoms with E-state index in [0.717, 1.165) is 37.9 Å². The lowest BCUT2D eigenvalue weighted by atomic mass is 10.1. The van der Waals surface area contributed by atoms with Crippen molar-refractivity contribution < 1.29 is 9.15 Å². The van der Waals surface area contributed by atoms with Gasteiger partial charge in [0.25, 0.3) is 0 Å². The van der Waals surface area contributed by atoms with E-state index in [1.165, 1.54) is 12.2 Å². The van der Waals surface area contributed by atoms with E-state index in [-0.39, 0.29) is 12.1 Å². The smallest absolute Gasteiger partial charge is 0.118 e. The summed E-state index contributed by atoms with van der Waals surface area (Å²) in [6.07, 6.45) is 1.42. The Balaban J connectivity index is 1.57. The Bertz CT molecular complexity index is 430. The Hall–Kier alpha value is -0.840. The second-order valence-corrected chi connectivity index (χ2v) is 6.13. The minimum absolute atomic E-state index is 0.0854. The number of furan rings is 1. The highest BCUT2D eigenvalue weighted by molar-refractivity contribution is 5.17. The van der Waals surface area contributed by atoms with E-state index < -0.39 is 0 Å². The van der Waals surface area contributed by atoms with E-state index in [1.807, 2.05) is 6.92 Å². The molecule has 3 rings (SSSR count). The van der Waals surface area contributed by atoms with Crippen LogP contribution >= 0.6 is 0 Å². The van der Waals surface area contributed by atoms with Gasteiger partial charge in [-0.3, -0.25) is 4.90 Å². The molecule has 0 spiro atoms. The fourth-order valence-electron chi connectivity index (χ4n) is 2.81. The second-order valence-electron chi connectivity index (χ2n) is 6.13. The number of rotatable bonds is 4. The summed E-state index contributed by atoms with van der Waals surface area (Å²) in [5.74, 6) is 3.69. The Morgan fingerprint density at radius 3 is 2.95 bits per heavy atom. The standard InChI is InChI=1S/C15H24N2O2/c1-10-7-13(10)14-4-3-12(19-14)8-17-5-6-18-15(9-17)11(2)16/h3-4,10-11,13,15H,5-9,16H2,1-2H3. The highest BCUT2D eigenvalue weighted by Gasteiger charge is 2.36. The van der Waals surface area contributed by atoms with Crippen molar-refractivity contribution in [3.8, 4) is 0 Å². The Morgan fingerprint density at radius 2 is 2.26 bits per heavy atom. The molecule has 1 aliphatic heterocycles. The van der Waals surface area contributed by atoms with Gasteiger partial charge in [0.15, 0.2) is 0 Å². The molecule has 0 aromatic carbocycles. The van der Waals surface area contributed by atoms with Crippen LogP contribution in [0, 0.1) is 5.92 Å². The quantitative estimate of drug-likeness (QED) is 0.903. The average Bonchev–Trinajstić information content (AvgIpc) is 2.94. The lowest BCUT2D eigenvalue weighted by molar-refractivity contribution is -0.0420. The molecule has 2 N–H and O–H groups in total. The summed E-state index contributed by atoms with van der Waals surface area (Å²) in [5, 5.41) is 0. The van der Waals surface area contributed by atoms with Crippen molar-refractivity contribution in [3.05, 3.63) is 23.7 Å². The Morgan fingerprint density at radius 1 is 1.47 bits per heavy atom. The van der Waals surface area contributed by atoms with Crippen LogP contribution in [0.4, 0.5) is 0 Å². The molecule has 4 heteroatoms. The first-order valence-corrected chi connectivity index (χ1v) is 7.31. The number of hydrogen-bond donors (Lipinski definition) is 1. The van der Waals surface area contributed by atoms with Gasteiger partial charge in [0.05, 0.1) is 19.3 Å². The van der Waals surface area contributed by atoms with E-state index in [0.29, 0.717) is 5.92 Å². The highest BCUT2D eigenvalue weighted by Crippen LogP contribution is 2.47. The first kappa shape index (κ1) is 13.2. The van der Waals surface area contributed by atoms with Crippen molar-refractivity contribution in [2.75, 3.05) is 19.7 Å². The van der Waals surface area contributed by atoms with Gasteiger partial charge in [-0.2, -0.15) is 0 Å². The zero-order valence-electron chi connectivity index (χ0n) is 11.8. The molecule has 106 valence electrons. The molecule has 4 unspecified atom stereocenters. The number of ether oxygens (including phenoxy) is 1. The maximum absolute atomic E-state index is 5.96. The van der Waals surface area contributed by atoms with Crippen molar-refractivity contribution >= 4 is 0 Å². The van der Waals surface area contributed by atoms with Crippen molar-refractivity contribution in [1.29, 1.82) is 0 Å². The van der Waals surface area contributed by atoms with Crippen LogP contribution in [0.1, 0.15) is 37.7 Å². The van der Waals surface area contributed by atoms with Gasteiger partial charge in [0, 0.05) is 25.0 Å². The van der Waals surface area contributed by atoms with Crippen LogP contribution in [0.25, 0.3) is 0 Å². The first-order chi connectivity index (χ1) is 9.13. The molecular weight excluding hydrogens is 240 g/mol. The molecule has 19 heavy (non-hydrogen) atoms. The van der Waals surface area contributed by atoms with Crippen molar-refractivity contribution in [2.45, 2.75) is 44.9 Å². The predicted octanol–water partition coefficient (Wildman–Crippen LogP) is 1.95. The summed E-state index contributed by atoms with van der Waals surface area (Å²) in [4.78, 5) is 2.37. The van der Waals surface area contributed by atoms with Crippen LogP contribution in [-0.4, -0.2) is 36.7 Å². The third kappa shape index (κ3) is 3.02. The van der Waals surface area contributed by atoms with E-state index in [9.17, 15) is 0 Å². The lowest BCUT2D eigenvalue weighted by Gasteiger charge is -2.34. The molecule has 1 saturated carbocycles. The molecule has 2 aliphatic rings. The molecule has 4 atom stereocenters. The zero-order valence-corrected chi connectivity index (χ0v) is 11.8. The van der Waals surface area contributed by atoms with Crippen LogP contribution in [-0.2, 0) is 11.3 Å². The molecule has 4 nitrogen and oxygen atoms in total. The van der Waals surface area contributed by atoms with Gasteiger partial charge in [0.1, 0.15) is 11.5 Å². The molecule has 2 heterocycles. The molecule has 0 amide bonds. The van der Waals surface area contributed by atoms with Crippen molar-refractivity contribution in [1.82, 2.24) is 4.90 Å². The highest BCUT2D eigenvalue weighted by atomic mass is 16.5. The molecule has 0 radical (unpaired) electrons. The molecule has 1 saturated heterocycles. The van der Waals surface area contributed by atoms with Crippen molar-refractivity contribution in [3.63, 3.8) is 0 Å². The zero-order chi connectivity index (χ0) is 13.4. The first-order valence-electron chi connectivity index (χ1n) is 7.31. The minimum Gasteiger partial charge on any atom is -0.464 e. The van der Waals surface area contributed by atoms with E-state index >= 15 is 0 Å². The van der Waals surface area contributed by atoms with Crippen LogP contribution in [0.2, 0.25) is 0 Å². The lowest BCUT2D eigenvalue weighted by Crippen LogP contribution is -2.49. The normalized spacial score (nSPS) is 33.3. The molecular formula is C15H24N2O2. The van der Waals surface area contributed by atoms with Gasteiger partial charge in [0.2, 0.25) is 0 Å². The summed E-state index contributed by atoms with van der Waals surface area (Å²) in [7, 11) is 0. The van der Waals surface area contributed by atoms with Crippen LogP contribution in [0.15, 0.2) is 16.5 Å². The number of morpholine rings is 1. The summed E-state index contributed by atoms with van der Waals surface area (Å²) in [5.41, 5.74) is 5.92. The van der Waals surface area contributed by atoms with Gasteiger partial charge in [-0.15, -0.1) is 0 Å². The molecule has 0 bridgehead atoms. The van der Waals surface area contributed by atoms with E-state index in [4.69, 9.17) is 14.9 Å². The van der Waals surface area contributed by atoms with Crippen LogP contribution < -0.4 is 5.73 Å². The van der Waals surface area contributed by atoms with E-state index in [2.05, 4.69) is 24.0 Å². The molecule has 1 aliphatic carbocycles. The van der Waals surface area contributed by atoms with Gasteiger partial charge >= 0.3 is 0 Å². The SMILES string of the molecule is CC(N)C1CN(Cc2ccc(C3CC3C)o2)CCO1. The predicted molar refractivity (Wildman–Crippen MR) is 73.9 cm³/mol. The monoisotopic (exact) mass is 264 g/mol. The van der Waals surface area contributed by atoms with Crippen LogP contribution in [0.5, 0.6) is 0 Å². The van der Waals surface area contributed by atoms with Gasteiger partial charge < -0.3 is 14.9 Å². The second kappa shape index (κ2) is 5.27. The molecule has 1 aromatic rings. The largest absolute Gasteiger partial charge is 0.464 e. The summed E-state index contributed by atoms with van der Waals surface area (Å²) < 4.78 is 11.6. The van der Waals surface area contributed by atoms with Crippen LogP contribution in [0.3, 0.4) is 0 Å². The topological polar surface area (TPSA) is 51.6 Å². The summed E-state index contributed by atoms with van der Waals surface area (Å²) in [6, 6.07) is 4.35. The van der Waals surface area contributed by atoms with Gasteiger partial charge in [-0.25, -0.2) is 0 Å². The summed E-state index contributed by atoms with van der Waals surface area (Å²) >= 11 is 0. The number of nitrogens with zero attached hydrogens (tertiary/aromatic N) is 1. The van der Waals surface area contributed by atoms with Gasteiger partial charge in [-0.1, -0.05) is 6.92 Å². The average molecular weight is 264 g/mol. The molecule has 1 aromatic heterocycles. The fourth-order valence-corrected chi connectivity index (χ4v) is 2.81. The van der Waals surface area contributed by atoms with Crippen molar-refractivity contribution in [2.24, 2.45) is 11.7 Å². The number of nitrogens with two attached hydrogens (primary N) is 1. The minimum atomic E-state index is 0.0854. The number of hydrogen-bond acceptors (Lipinski definition) is 4. The third-order valence-electron chi connectivity index (χ3n) is 4.30. The van der Waals surface area contributed by atoms with E-state index in [1.54, 1.807) is 0 Å². The summed E-state index contributed by atoms with van der Waals surface area (Å²) in [6.45, 7) is 7.77. The maximum Gasteiger partial charge on any atom is 0.118 e. The maximum atomic E-state index is 5.96.